The van der Waals surface area contributed by atoms with E-state index < -0.39 is 0 Å². The first kappa shape index (κ1) is 14.2. The van der Waals surface area contributed by atoms with E-state index in [-0.39, 0.29) is 0 Å². The number of hydrogen-bond acceptors (Lipinski definition) is 2. The van der Waals surface area contributed by atoms with Gasteiger partial charge in [-0.1, -0.05) is 48.5 Å². The third-order valence-corrected chi connectivity index (χ3v) is 3.47. The highest BCUT2D eigenvalue weighted by Gasteiger charge is 2.11. The highest BCUT2D eigenvalue weighted by Crippen LogP contribution is 2.37. The maximum atomic E-state index is 6.07. The van der Waals surface area contributed by atoms with Crippen LogP contribution in [0.25, 0.3) is 11.1 Å². The second-order valence-electron chi connectivity index (χ2n) is 5.25. The molecule has 2 nitrogen and oxygen atoms in total. The summed E-state index contributed by atoms with van der Waals surface area (Å²) in [5, 5.41) is 0. The van der Waals surface area contributed by atoms with Crippen molar-refractivity contribution in [2.24, 2.45) is 0 Å². The number of benzene rings is 3. The van der Waals surface area contributed by atoms with E-state index in [1.807, 2.05) is 74.8 Å². The van der Waals surface area contributed by atoms with Crippen LogP contribution in [0.3, 0.4) is 0 Å². The second-order valence-corrected chi connectivity index (χ2v) is 5.25. The monoisotopic (exact) mass is 288 g/mol. The number of para-hydroxylation sites is 2. The Morgan fingerprint density at radius 2 is 1.55 bits per heavy atom. The van der Waals surface area contributed by atoms with Crippen LogP contribution in [0, 0.1) is 6.07 Å². The van der Waals surface area contributed by atoms with E-state index in [1.165, 1.54) is 0 Å². The molecule has 0 amide bonds. The van der Waals surface area contributed by atoms with Crippen LogP contribution < -0.4 is 9.64 Å². The Hall–Kier alpha value is -2.74. The molecular formula is C20H18NO. The Morgan fingerprint density at radius 1 is 0.818 bits per heavy atom. The van der Waals surface area contributed by atoms with Gasteiger partial charge in [0.1, 0.15) is 11.5 Å². The van der Waals surface area contributed by atoms with Crippen molar-refractivity contribution in [3.8, 4) is 22.6 Å². The van der Waals surface area contributed by atoms with Gasteiger partial charge in [-0.05, 0) is 30.3 Å². The van der Waals surface area contributed by atoms with Gasteiger partial charge >= 0.3 is 0 Å². The molecule has 0 atom stereocenters. The largest absolute Gasteiger partial charge is 0.457 e. The average molecular weight is 288 g/mol. The van der Waals surface area contributed by atoms with Gasteiger partial charge in [-0.25, -0.2) is 0 Å². The van der Waals surface area contributed by atoms with E-state index in [0.717, 1.165) is 28.3 Å². The van der Waals surface area contributed by atoms with Crippen molar-refractivity contribution < 1.29 is 4.74 Å². The SMILES string of the molecule is CN(C)c1c[c]ccc1-c1ccccc1Oc1ccccc1. The van der Waals surface area contributed by atoms with Gasteiger partial charge in [0.15, 0.2) is 0 Å². The molecule has 0 saturated carbocycles. The lowest BCUT2D eigenvalue weighted by Crippen LogP contribution is -2.09. The third kappa shape index (κ3) is 2.96. The summed E-state index contributed by atoms with van der Waals surface area (Å²) in [6, 6.07) is 27.1. The van der Waals surface area contributed by atoms with Gasteiger partial charge in [0.05, 0.1) is 0 Å². The summed E-state index contributed by atoms with van der Waals surface area (Å²) < 4.78 is 6.07. The minimum atomic E-state index is 0.837. The van der Waals surface area contributed by atoms with Crippen LogP contribution >= 0.6 is 0 Å². The second kappa shape index (κ2) is 6.35. The summed E-state index contributed by atoms with van der Waals surface area (Å²) in [5.74, 6) is 1.69. The van der Waals surface area contributed by atoms with Gasteiger partial charge in [-0.3, -0.25) is 0 Å². The van der Waals surface area contributed by atoms with Crippen LogP contribution in [0.15, 0.2) is 72.8 Å². The van der Waals surface area contributed by atoms with Crippen LogP contribution in [0.2, 0.25) is 0 Å². The number of nitrogens with zero attached hydrogens (tertiary/aromatic N) is 1. The minimum Gasteiger partial charge on any atom is -0.457 e. The molecule has 0 aliphatic carbocycles. The van der Waals surface area contributed by atoms with Crippen LogP contribution in [-0.2, 0) is 0 Å². The third-order valence-electron chi connectivity index (χ3n) is 3.47. The average Bonchev–Trinajstić information content (AvgIpc) is 2.56. The summed E-state index contributed by atoms with van der Waals surface area (Å²) >= 11 is 0. The summed E-state index contributed by atoms with van der Waals surface area (Å²) in [5.41, 5.74) is 3.32. The number of rotatable bonds is 4. The lowest BCUT2D eigenvalue weighted by Gasteiger charge is -2.19. The number of anilines is 1. The van der Waals surface area contributed by atoms with Gasteiger partial charge in [-0.15, -0.1) is 0 Å². The quantitative estimate of drug-likeness (QED) is 0.669. The van der Waals surface area contributed by atoms with Crippen molar-refractivity contribution >= 4 is 5.69 Å². The summed E-state index contributed by atoms with van der Waals surface area (Å²) in [6.07, 6.45) is 0. The van der Waals surface area contributed by atoms with Crippen LogP contribution in [0.1, 0.15) is 0 Å². The zero-order valence-electron chi connectivity index (χ0n) is 12.8. The molecule has 3 rings (SSSR count). The minimum absolute atomic E-state index is 0.837. The first-order chi connectivity index (χ1) is 10.8. The molecule has 0 bridgehead atoms. The molecule has 0 N–H and O–H groups in total. The molecule has 0 aliphatic heterocycles. The fourth-order valence-electron chi connectivity index (χ4n) is 2.41. The molecule has 109 valence electrons. The fourth-order valence-corrected chi connectivity index (χ4v) is 2.41. The molecule has 0 aliphatic rings. The normalized spacial score (nSPS) is 10.3. The van der Waals surface area contributed by atoms with Gasteiger partial charge in [0.2, 0.25) is 0 Å². The summed E-state index contributed by atoms with van der Waals surface area (Å²) in [4.78, 5) is 2.09. The predicted molar refractivity (Wildman–Crippen MR) is 91.6 cm³/mol. The lowest BCUT2D eigenvalue weighted by molar-refractivity contribution is 0.484. The highest BCUT2D eigenvalue weighted by atomic mass is 16.5. The molecule has 1 radical (unpaired) electrons. The van der Waals surface area contributed by atoms with Gasteiger partial charge < -0.3 is 9.64 Å². The van der Waals surface area contributed by atoms with E-state index in [2.05, 4.69) is 23.1 Å². The van der Waals surface area contributed by atoms with E-state index in [0.29, 0.717) is 0 Å². The maximum absolute atomic E-state index is 6.07. The van der Waals surface area contributed by atoms with E-state index in [4.69, 9.17) is 4.74 Å². The standard InChI is InChI=1S/C20H18NO/c1-21(2)19-14-8-6-12-17(19)18-13-7-9-15-20(18)22-16-10-4-3-5-11-16/h3-7,9-15H,1-2H3. The van der Waals surface area contributed by atoms with E-state index in [1.54, 1.807) is 0 Å². The van der Waals surface area contributed by atoms with Gasteiger partial charge in [0.25, 0.3) is 0 Å². The number of hydrogen-bond donors (Lipinski definition) is 0. The Morgan fingerprint density at radius 3 is 2.32 bits per heavy atom. The van der Waals surface area contributed by atoms with Crippen LogP contribution in [0.5, 0.6) is 11.5 Å². The molecule has 2 heteroatoms. The first-order valence-corrected chi connectivity index (χ1v) is 7.25. The Bertz CT molecular complexity index is 750. The molecule has 0 spiro atoms. The molecule has 0 unspecified atom stereocenters. The van der Waals surface area contributed by atoms with Crippen molar-refractivity contribution in [1.29, 1.82) is 0 Å². The molecule has 0 fully saturated rings. The topological polar surface area (TPSA) is 12.5 Å². The maximum Gasteiger partial charge on any atom is 0.135 e. The zero-order valence-corrected chi connectivity index (χ0v) is 12.8. The Labute approximate surface area is 131 Å². The van der Waals surface area contributed by atoms with Gasteiger partial charge in [0, 0.05) is 30.9 Å². The summed E-state index contributed by atoms with van der Waals surface area (Å²) in [7, 11) is 4.07. The van der Waals surface area contributed by atoms with Gasteiger partial charge in [-0.2, -0.15) is 0 Å². The number of ether oxygens (including phenoxy) is 1. The van der Waals surface area contributed by atoms with Crippen LogP contribution in [-0.4, -0.2) is 14.1 Å². The van der Waals surface area contributed by atoms with Crippen molar-refractivity contribution in [3.63, 3.8) is 0 Å². The lowest BCUT2D eigenvalue weighted by atomic mass is 10.0. The predicted octanol–water partition coefficient (Wildman–Crippen LogP) is 5.01. The molecule has 0 aromatic heterocycles. The fraction of sp³-hybridized carbons (Fsp3) is 0.100. The van der Waals surface area contributed by atoms with Crippen molar-refractivity contribution in [1.82, 2.24) is 0 Å². The molecule has 0 heterocycles. The smallest absolute Gasteiger partial charge is 0.135 e. The van der Waals surface area contributed by atoms with Crippen molar-refractivity contribution in [2.45, 2.75) is 0 Å². The Balaban J connectivity index is 2.06. The Kier molecular flexibility index (Phi) is 4.10. The van der Waals surface area contributed by atoms with Crippen molar-refractivity contribution in [3.05, 3.63) is 78.9 Å². The van der Waals surface area contributed by atoms with Crippen LogP contribution in [0.4, 0.5) is 5.69 Å². The molecular weight excluding hydrogens is 270 g/mol. The summed E-state index contributed by atoms with van der Waals surface area (Å²) in [6.45, 7) is 0. The van der Waals surface area contributed by atoms with Crippen molar-refractivity contribution in [2.75, 3.05) is 19.0 Å². The molecule has 0 saturated heterocycles. The zero-order chi connectivity index (χ0) is 15.4. The van der Waals surface area contributed by atoms with E-state index in [9.17, 15) is 0 Å². The molecule has 3 aromatic carbocycles. The molecule has 22 heavy (non-hydrogen) atoms. The van der Waals surface area contributed by atoms with E-state index >= 15 is 0 Å². The highest BCUT2D eigenvalue weighted by molar-refractivity contribution is 5.82. The molecule has 3 aromatic rings. The first-order valence-electron chi connectivity index (χ1n) is 7.25.